The quantitative estimate of drug-likeness (QED) is 0.902. The lowest BCUT2D eigenvalue weighted by molar-refractivity contribution is 0.614. The molecule has 0 aliphatic rings. The van der Waals surface area contributed by atoms with Crippen molar-refractivity contribution in [1.82, 2.24) is 15.0 Å². The molecule has 2 rings (SSSR count). The minimum absolute atomic E-state index is 0.313. The van der Waals surface area contributed by atoms with Gasteiger partial charge < -0.3 is 5.73 Å². The van der Waals surface area contributed by atoms with Crippen molar-refractivity contribution in [1.29, 1.82) is 0 Å². The van der Waals surface area contributed by atoms with Crippen LogP contribution in [0.4, 0.5) is 4.39 Å². The third-order valence-corrected chi connectivity index (χ3v) is 2.70. The van der Waals surface area contributed by atoms with Crippen LogP contribution in [0, 0.1) is 5.82 Å². The van der Waals surface area contributed by atoms with Gasteiger partial charge in [-0.15, -0.1) is 5.10 Å². The summed E-state index contributed by atoms with van der Waals surface area (Å²) in [4.78, 5) is 0. The van der Waals surface area contributed by atoms with Gasteiger partial charge in [-0.3, -0.25) is 0 Å². The lowest BCUT2D eigenvalue weighted by Gasteiger charge is -2.03. The van der Waals surface area contributed by atoms with Gasteiger partial charge in [0.25, 0.3) is 0 Å². The summed E-state index contributed by atoms with van der Waals surface area (Å²) < 4.78 is 14.7. The molecule has 0 aliphatic heterocycles. The monoisotopic (exact) mass is 254 g/mol. The van der Waals surface area contributed by atoms with Gasteiger partial charge in [0.15, 0.2) is 0 Å². The molecule has 17 heavy (non-hydrogen) atoms. The second-order valence-corrected chi connectivity index (χ2v) is 4.09. The summed E-state index contributed by atoms with van der Waals surface area (Å²) in [5.41, 5.74) is 6.91. The number of hydrogen-bond donors (Lipinski definition) is 1. The van der Waals surface area contributed by atoms with Gasteiger partial charge in [-0.05, 0) is 30.3 Å². The van der Waals surface area contributed by atoms with E-state index in [1.54, 1.807) is 10.9 Å². The fraction of sp³-hybridized carbons (Fsp3) is 0.273. The summed E-state index contributed by atoms with van der Waals surface area (Å²) in [6.07, 6.45) is 2.46. The summed E-state index contributed by atoms with van der Waals surface area (Å²) in [7, 11) is 0. The largest absolute Gasteiger partial charge is 0.330 e. The van der Waals surface area contributed by atoms with Crippen molar-refractivity contribution < 1.29 is 4.39 Å². The van der Waals surface area contributed by atoms with Crippen molar-refractivity contribution in [2.24, 2.45) is 5.73 Å². The van der Waals surface area contributed by atoms with E-state index in [2.05, 4.69) is 10.3 Å². The van der Waals surface area contributed by atoms with Crippen molar-refractivity contribution >= 4 is 11.6 Å². The summed E-state index contributed by atoms with van der Waals surface area (Å²) in [6, 6.07) is 4.25. The van der Waals surface area contributed by atoms with E-state index in [1.165, 1.54) is 18.2 Å². The van der Waals surface area contributed by atoms with E-state index in [-0.39, 0.29) is 5.82 Å². The molecule has 1 aromatic carbocycles. The van der Waals surface area contributed by atoms with Crippen LogP contribution >= 0.6 is 11.6 Å². The average molecular weight is 255 g/mol. The highest BCUT2D eigenvalue weighted by Crippen LogP contribution is 2.17. The SMILES string of the molecule is NCCc1cn(Cc2cc(F)ccc2Cl)nn1. The van der Waals surface area contributed by atoms with Crippen molar-refractivity contribution in [3.63, 3.8) is 0 Å². The van der Waals surface area contributed by atoms with E-state index >= 15 is 0 Å². The minimum Gasteiger partial charge on any atom is -0.330 e. The number of benzene rings is 1. The van der Waals surface area contributed by atoms with Gasteiger partial charge in [0, 0.05) is 17.6 Å². The van der Waals surface area contributed by atoms with Gasteiger partial charge >= 0.3 is 0 Å². The van der Waals surface area contributed by atoms with Gasteiger partial charge in [-0.25, -0.2) is 9.07 Å². The lowest BCUT2D eigenvalue weighted by atomic mass is 10.2. The molecule has 6 heteroatoms. The molecule has 0 atom stereocenters. The molecule has 0 spiro atoms. The Morgan fingerprint density at radius 1 is 1.41 bits per heavy atom. The first kappa shape index (κ1) is 12.0. The van der Waals surface area contributed by atoms with Crippen molar-refractivity contribution in [3.8, 4) is 0 Å². The summed E-state index contributed by atoms with van der Waals surface area (Å²) in [5, 5.41) is 8.40. The molecule has 0 amide bonds. The highest BCUT2D eigenvalue weighted by Gasteiger charge is 2.05. The molecule has 1 heterocycles. The second-order valence-electron chi connectivity index (χ2n) is 3.68. The molecule has 0 saturated carbocycles. The molecule has 0 saturated heterocycles. The lowest BCUT2D eigenvalue weighted by Crippen LogP contribution is -2.03. The van der Waals surface area contributed by atoms with E-state index in [4.69, 9.17) is 17.3 Å². The molecule has 90 valence electrons. The van der Waals surface area contributed by atoms with Gasteiger partial charge in [-0.2, -0.15) is 0 Å². The van der Waals surface area contributed by atoms with E-state index in [1.807, 2.05) is 0 Å². The Hall–Kier alpha value is -1.46. The van der Waals surface area contributed by atoms with Crippen molar-refractivity contribution in [2.45, 2.75) is 13.0 Å². The maximum Gasteiger partial charge on any atom is 0.123 e. The Kier molecular flexibility index (Phi) is 3.71. The van der Waals surface area contributed by atoms with Crippen LogP contribution in [0.25, 0.3) is 0 Å². The molecule has 2 N–H and O–H groups in total. The Bertz CT molecular complexity index is 512. The molecule has 4 nitrogen and oxygen atoms in total. The molecular formula is C11H12ClFN4. The van der Waals surface area contributed by atoms with Crippen LogP contribution in [0.1, 0.15) is 11.3 Å². The topological polar surface area (TPSA) is 56.7 Å². The number of rotatable bonds is 4. The molecule has 0 radical (unpaired) electrons. The Morgan fingerprint density at radius 2 is 2.24 bits per heavy atom. The Morgan fingerprint density at radius 3 is 3.00 bits per heavy atom. The maximum absolute atomic E-state index is 13.1. The number of nitrogens with two attached hydrogens (primary N) is 1. The van der Waals surface area contributed by atoms with Crippen LogP contribution in [0.15, 0.2) is 24.4 Å². The standard InChI is InChI=1S/C11H12ClFN4/c12-11-2-1-9(13)5-8(11)6-17-7-10(3-4-14)15-16-17/h1-2,5,7H,3-4,6,14H2. The number of nitrogens with zero attached hydrogens (tertiary/aromatic N) is 3. The smallest absolute Gasteiger partial charge is 0.123 e. The number of aromatic nitrogens is 3. The first-order valence-electron chi connectivity index (χ1n) is 5.22. The molecule has 0 aliphatic carbocycles. The fourth-order valence-electron chi connectivity index (χ4n) is 1.52. The third-order valence-electron chi connectivity index (χ3n) is 2.33. The van der Waals surface area contributed by atoms with Crippen LogP contribution in [-0.4, -0.2) is 21.5 Å². The van der Waals surface area contributed by atoms with Crippen molar-refractivity contribution in [2.75, 3.05) is 6.54 Å². The summed E-state index contributed by atoms with van der Waals surface area (Å²) in [5.74, 6) is -0.313. The Labute approximate surface area is 103 Å². The normalized spacial score (nSPS) is 10.8. The second kappa shape index (κ2) is 5.25. The van der Waals surface area contributed by atoms with Crippen LogP contribution in [0.2, 0.25) is 5.02 Å². The molecule has 2 aromatic rings. The zero-order chi connectivity index (χ0) is 12.3. The van der Waals surface area contributed by atoms with Crippen LogP contribution in [-0.2, 0) is 13.0 Å². The predicted molar refractivity (Wildman–Crippen MR) is 63.3 cm³/mol. The van der Waals surface area contributed by atoms with Crippen LogP contribution in [0.5, 0.6) is 0 Å². The molecular weight excluding hydrogens is 243 g/mol. The number of hydrogen-bond acceptors (Lipinski definition) is 3. The van der Waals surface area contributed by atoms with E-state index in [0.29, 0.717) is 30.1 Å². The van der Waals surface area contributed by atoms with Gasteiger partial charge in [0.1, 0.15) is 5.82 Å². The van der Waals surface area contributed by atoms with Crippen LogP contribution < -0.4 is 5.73 Å². The Balaban J connectivity index is 2.16. The maximum atomic E-state index is 13.1. The number of halogens is 2. The zero-order valence-electron chi connectivity index (χ0n) is 9.11. The summed E-state index contributed by atoms with van der Waals surface area (Å²) >= 11 is 5.97. The average Bonchev–Trinajstić information content (AvgIpc) is 2.72. The minimum atomic E-state index is -0.313. The van der Waals surface area contributed by atoms with E-state index < -0.39 is 0 Å². The van der Waals surface area contributed by atoms with E-state index in [0.717, 1.165) is 5.69 Å². The van der Waals surface area contributed by atoms with Gasteiger partial charge in [0.05, 0.1) is 12.2 Å². The summed E-state index contributed by atoms with van der Waals surface area (Å²) in [6.45, 7) is 0.924. The molecule has 0 unspecified atom stereocenters. The predicted octanol–water partition coefficient (Wildman–Crippen LogP) is 1.62. The zero-order valence-corrected chi connectivity index (χ0v) is 9.86. The molecule has 1 aromatic heterocycles. The molecule has 0 bridgehead atoms. The van der Waals surface area contributed by atoms with Gasteiger partial charge in [-0.1, -0.05) is 16.8 Å². The first-order valence-corrected chi connectivity index (χ1v) is 5.60. The first-order chi connectivity index (χ1) is 8.19. The third kappa shape index (κ3) is 3.01. The van der Waals surface area contributed by atoms with Gasteiger partial charge in [0.2, 0.25) is 0 Å². The molecule has 0 fully saturated rings. The fourth-order valence-corrected chi connectivity index (χ4v) is 1.69. The van der Waals surface area contributed by atoms with E-state index in [9.17, 15) is 4.39 Å². The van der Waals surface area contributed by atoms with Crippen LogP contribution in [0.3, 0.4) is 0 Å². The van der Waals surface area contributed by atoms with Crippen molar-refractivity contribution in [3.05, 3.63) is 46.5 Å². The highest BCUT2D eigenvalue weighted by atomic mass is 35.5. The highest BCUT2D eigenvalue weighted by molar-refractivity contribution is 6.31.